The molecule has 1 aliphatic heterocycles. The molecule has 1 aliphatic rings. The summed E-state index contributed by atoms with van der Waals surface area (Å²) >= 11 is 0. The average molecular weight is 252 g/mol. The first kappa shape index (κ1) is 13.0. The van der Waals surface area contributed by atoms with Gasteiger partial charge in [-0.25, -0.2) is 4.39 Å². The second-order valence-corrected chi connectivity index (χ2v) is 4.69. The van der Waals surface area contributed by atoms with Crippen molar-refractivity contribution < 1.29 is 14.3 Å². The first-order valence-electron chi connectivity index (χ1n) is 5.93. The third kappa shape index (κ3) is 2.37. The summed E-state index contributed by atoms with van der Waals surface area (Å²) in [6.45, 7) is 2.75. The van der Waals surface area contributed by atoms with E-state index in [-0.39, 0.29) is 11.6 Å². The molecule has 0 radical (unpaired) electrons. The molecule has 0 aromatic heterocycles. The molecular formula is C13H17FN2O2. The predicted molar refractivity (Wildman–Crippen MR) is 65.9 cm³/mol. The summed E-state index contributed by atoms with van der Waals surface area (Å²) in [5.41, 5.74) is 0.816. The van der Waals surface area contributed by atoms with Gasteiger partial charge in [-0.05, 0) is 24.6 Å². The van der Waals surface area contributed by atoms with Crippen LogP contribution in [0.4, 0.5) is 4.39 Å². The van der Waals surface area contributed by atoms with Crippen LogP contribution in [0.25, 0.3) is 0 Å². The molecule has 0 aliphatic carbocycles. The van der Waals surface area contributed by atoms with Crippen molar-refractivity contribution in [1.29, 1.82) is 0 Å². The van der Waals surface area contributed by atoms with Gasteiger partial charge in [0.25, 0.3) is 5.91 Å². The number of aliphatic hydroxyl groups is 1. The van der Waals surface area contributed by atoms with E-state index in [0.29, 0.717) is 13.1 Å². The van der Waals surface area contributed by atoms with E-state index in [1.807, 2.05) is 0 Å². The van der Waals surface area contributed by atoms with Gasteiger partial charge in [0.05, 0.1) is 17.7 Å². The summed E-state index contributed by atoms with van der Waals surface area (Å²) in [6.07, 6.45) is -0.604. The summed E-state index contributed by atoms with van der Waals surface area (Å²) in [4.78, 5) is 13.6. The number of aliphatic hydroxyl groups excluding tert-OH is 1. The van der Waals surface area contributed by atoms with Crippen molar-refractivity contribution >= 4 is 5.91 Å². The average Bonchev–Trinajstić information content (AvgIpc) is 2.74. The van der Waals surface area contributed by atoms with E-state index in [9.17, 15) is 14.3 Å². The van der Waals surface area contributed by atoms with Gasteiger partial charge >= 0.3 is 0 Å². The van der Waals surface area contributed by atoms with Crippen molar-refractivity contribution in [2.45, 2.75) is 19.1 Å². The molecule has 18 heavy (non-hydrogen) atoms. The molecule has 1 aromatic carbocycles. The molecule has 1 fully saturated rings. The number of hydrogen-bond acceptors (Lipinski definition) is 3. The Labute approximate surface area is 105 Å². The number of nitrogens with zero attached hydrogens (tertiary/aromatic N) is 1. The number of benzene rings is 1. The number of rotatable bonds is 2. The van der Waals surface area contributed by atoms with Crippen LogP contribution < -0.4 is 5.32 Å². The number of hydrogen-bond donors (Lipinski definition) is 2. The largest absolute Gasteiger partial charge is 0.390 e. The highest BCUT2D eigenvalue weighted by Crippen LogP contribution is 2.15. The highest BCUT2D eigenvalue weighted by molar-refractivity contribution is 5.94. The first-order chi connectivity index (χ1) is 8.50. The molecule has 0 spiro atoms. The van der Waals surface area contributed by atoms with Gasteiger partial charge < -0.3 is 15.3 Å². The van der Waals surface area contributed by atoms with Gasteiger partial charge in [0.2, 0.25) is 0 Å². The standard InChI is InChI=1S/C13H17FN2O2/c1-8-3-4-9(10(14)5-8)13(18)16(2)11-6-15-7-12(11)17/h3-5,11-12,15,17H,6-7H2,1-2H3/t11-,12-/m1/s1. The molecule has 98 valence electrons. The van der Waals surface area contributed by atoms with E-state index in [0.717, 1.165) is 5.56 Å². The number of β-amino-alcohol motifs (C(OH)–C–C–N with tert-alkyl or cyclic N) is 1. The lowest BCUT2D eigenvalue weighted by atomic mass is 10.1. The Morgan fingerprint density at radius 3 is 2.78 bits per heavy atom. The lowest BCUT2D eigenvalue weighted by Gasteiger charge is -2.26. The molecule has 1 aromatic rings. The molecule has 0 unspecified atom stereocenters. The van der Waals surface area contributed by atoms with Crippen molar-refractivity contribution in [3.05, 3.63) is 35.1 Å². The third-order valence-corrected chi connectivity index (χ3v) is 3.32. The van der Waals surface area contributed by atoms with Crippen LogP contribution in [0.3, 0.4) is 0 Å². The fourth-order valence-corrected chi connectivity index (χ4v) is 2.18. The van der Waals surface area contributed by atoms with E-state index in [4.69, 9.17) is 0 Å². The van der Waals surface area contributed by atoms with Crippen LogP contribution in [-0.4, -0.2) is 48.2 Å². The van der Waals surface area contributed by atoms with Crippen molar-refractivity contribution in [2.24, 2.45) is 0 Å². The summed E-state index contributed by atoms with van der Waals surface area (Å²) < 4.78 is 13.7. The van der Waals surface area contributed by atoms with E-state index >= 15 is 0 Å². The molecule has 2 N–H and O–H groups in total. The zero-order valence-electron chi connectivity index (χ0n) is 10.5. The Morgan fingerprint density at radius 1 is 1.50 bits per heavy atom. The van der Waals surface area contributed by atoms with Gasteiger partial charge in [-0.2, -0.15) is 0 Å². The normalized spacial score (nSPS) is 23.1. The predicted octanol–water partition coefficient (Wildman–Crippen LogP) is 0.539. The SMILES string of the molecule is Cc1ccc(C(=O)N(C)[C@@H]2CNC[C@H]2O)c(F)c1. The molecular weight excluding hydrogens is 235 g/mol. The molecule has 4 nitrogen and oxygen atoms in total. The maximum atomic E-state index is 13.7. The minimum absolute atomic E-state index is 0.0437. The Morgan fingerprint density at radius 2 is 2.22 bits per heavy atom. The van der Waals surface area contributed by atoms with Crippen molar-refractivity contribution in [2.75, 3.05) is 20.1 Å². The Balaban J connectivity index is 2.20. The van der Waals surface area contributed by atoms with E-state index < -0.39 is 17.8 Å². The fourth-order valence-electron chi connectivity index (χ4n) is 2.18. The zero-order chi connectivity index (χ0) is 13.3. The molecule has 1 amide bonds. The van der Waals surface area contributed by atoms with E-state index in [1.54, 1.807) is 20.0 Å². The van der Waals surface area contributed by atoms with Crippen LogP contribution in [0.15, 0.2) is 18.2 Å². The smallest absolute Gasteiger partial charge is 0.256 e. The third-order valence-electron chi connectivity index (χ3n) is 3.32. The second kappa shape index (κ2) is 5.04. The van der Waals surface area contributed by atoms with E-state index in [1.165, 1.54) is 17.0 Å². The van der Waals surface area contributed by atoms with Gasteiger partial charge in [-0.15, -0.1) is 0 Å². The number of halogens is 1. The van der Waals surface area contributed by atoms with Crippen LogP contribution in [0.2, 0.25) is 0 Å². The fraction of sp³-hybridized carbons (Fsp3) is 0.462. The lowest BCUT2D eigenvalue weighted by Crippen LogP contribution is -2.44. The monoisotopic (exact) mass is 252 g/mol. The van der Waals surface area contributed by atoms with E-state index in [2.05, 4.69) is 5.32 Å². The van der Waals surface area contributed by atoms with Crippen LogP contribution in [0.1, 0.15) is 15.9 Å². The topological polar surface area (TPSA) is 52.6 Å². The van der Waals surface area contributed by atoms with Gasteiger partial charge in [0.1, 0.15) is 5.82 Å². The summed E-state index contributed by atoms with van der Waals surface area (Å²) in [7, 11) is 1.59. The lowest BCUT2D eigenvalue weighted by molar-refractivity contribution is 0.0577. The molecule has 2 rings (SSSR count). The molecule has 2 atom stereocenters. The molecule has 1 heterocycles. The number of likely N-dealkylation sites (N-methyl/N-ethyl adjacent to an activating group) is 1. The first-order valence-corrected chi connectivity index (χ1v) is 5.93. The van der Waals surface area contributed by atoms with Gasteiger partial charge in [0, 0.05) is 20.1 Å². The highest BCUT2D eigenvalue weighted by atomic mass is 19.1. The molecule has 0 bridgehead atoms. The molecule has 0 saturated carbocycles. The Hall–Kier alpha value is -1.46. The number of carbonyl (C=O) groups excluding carboxylic acids is 1. The number of nitrogens with one attached hydrogen (secondary N) is 1. The number of carbonyl (C=O) groups is 1. The van der Waals surface area contributed by atoms with Gasteiger partial charge in [-0.3, -0.25) is 4.79 Å². The molecule has 5 heteroatoms. The minimum Gasteiger partial charge on any atom is -0.390 e. The van der Waals surface area contributed by atoms with Gasteiger partial charge in [0.15, 0.2) is 0 Å². The zero-order valence-corrected chi connectivity index (χ0v) is 10.5. The Bertz CT molecular complexity index is 464. The minimum atomic E-state index is -0.604. The van der Waals surface area contributed by atoms with Crippen molar-refractivity contribution in [3.63, 3.8) is 0 Å². The van der Waals surface area contributed by atoms with Crippen LogP contribution in [0.5, 0.6) is 0 Å². The second-order valence-electron chi connectivity index (χ2n) is 4.69. The quantitative estimate of drug-likeness (QED) is 0.807. The van der Waals surface area contributed by atoms with Crippen LogP contribution >= 0.6 is 0 Å². The summed E-state index contributed by atoms with van der Waals surface area (Å²) in [5.74, 6) is -0.924. The maximum Gasteiger partial charge on any atom is 0.256 e. The van der Waals surface area contributed by atoms with Crippen LogP contribution in [-0.2, 0) is 0 Å². The van der Waals surface area contributed by atoms with Crippen LogP contribution in [0, 0.1) is 12.7 Å². The number of aryl methyl sites for hydroxylation is 1. The summed E-state index contributed by atoms with van der Waals surface area (Å²) in [6, 6.07) is 4.22. The highest BCUT2D eigenvalue weighted by Gasteiger charge is 2.32. The molecule has 1 saturated heterocycles. The maximum absolute atomic E-state index is 13.7. The van der Waals surface area contributed by atoms with Gasteiger partial charge in [-0.1, -0.05) is 6.07 Å². The van der Waals surface area contributed by atoms with Crippen molar-refractivity contribution in [3.8, 4) is 0 Å². The van der Waals surface area contributed by atoms with Crippen molar-refractivity contribution in [1.82, 2.24) is 10.2 Å². The Kier molecular flexibility index (Phi) is 3.63. The number of amides is 1. The summed E-state index contributed by atoms with van der Waals surface area (Å²) in [5, 5.41) is 12.7.